The molecular formula is C12H11N3OS. The molecule has 0 saturated carbocycles. The smallest absolute Gasteiger partial charge is 0.263 e. The molecule has 3 N–H and O–H groups in total. The summed E-state index contributed by atoms with van der Waals surface area (Å²) < 4.78 is 0. The minimum Gasteiger partial charge on any atom is -0.397 e. The van der Waals surface area contributed by atoms with Crippen LogP contribution >= 0.6 is 11.3 Å². The highest BCUT2D eigenvalue weighted by molar-refractivity contribution is 7.21. The third kappa shape index (κ3) is 2.22. The maximum absolute atomic E-state index is 11.8. The summed E-state index contributed by atoms with van der Waals surface area (Å²) in [6.07, 6.45) is 7.30. The maximum Gasteiger partial charge on any atom is 0.263 e. The first-order valence-electron chi connectivity index (χ1n) is 5.08. The number of nitrogen functional groups attached to an aromatic ring is 1. The minimum atomic E-state index is -0.194. The fraction of sp³-hybridized carbons (Fsp3) is 0.167. The van der Waals surface area contributed by atoms with Crippen molar-refractivity contribution < 1.29 is 4.79 Å². The van der Waals surface area contributed by atoms with Crippen LogP contribution in [0.3, 0.4) is 0 Å². The van der Waals surface area contributed by atoms with E-state index in [4.69, 9.17) is 12.2 Å². The highest BCUT2D eigenvalue weighted by Crippen LogP contribution is 2.31. The van der Waals surface area contributed by atoms with Crippen LogP contribution in [0, 0.1) is 12.3 Å². The van der Waals surface area contributed by atoms with Gasteiger partial charge in [0.25, 0.3) is 5.91 Å². The Balaban J connectivity index is 2.27. The highest BCUT2D eigenvalue weighted by atomic mass is 32.1. The Bertz CT molecular complexity index is 597. The SMILES string of the molecule is C#CCCNC(=O)c1sc2ncccc2c1N. The van der Waals surface area contributed by atoms with Crippen LogP contribution < -0.4 is 11.1 Å². The van der Waals surface area contributed by atoms with Gasteiger partial charge >= 0.3 is 0 Å². The normalized spacial score (nSPS) is 10.1. The van der Waals surface area contributed by atoms with Gasteiger partial charge in [-0.2, -0.15) is 0 Å². The summed E-state index contributed by atoms with van der Waals surface area (Å²) in [6.45, 7) is 0.455. The second-order valence-electron chi connectivity index (χ2n) is 3.41. The number of terminal acetylenes is 1. The summed E-state index contributed by atoms with van der Waals surface area (Å²) in [7, 11) is 0. The average molecular weight is 245 g/mol. The molecule has 17 heavy (non-hydrogen) atoms. The average Bonchev–Trinajstić information content (AvgIpc) is 2.68. The molecule has 0 bridgehead atoms. The number of aromatic nitrogens is 1. The van der Waals surface area contributed by atoms with Crippen LogP contribution in [0.15, 0.2) is 18.3 Å². The number of pyridine rings is 1. The number of nitrogens with two attached hydrogens (primary N) is 1. The van der Waals surface area contributed by atoms with Crippen molar-refractivity contribution in [1.82, 2.24) is 10.3 Å². The van der Waals surface area contributed by atoms with Crippen molar-refractivity contribution in [3.05, 3.63) is 23.2 Å². The van der Waals surface area contributed by atoms with Crippen LogP contribution in [0.1, 0.15) is 16.1 Å². The van der Waals surface area contributed by atoms with Gasteiger partial charge in [0.05, 0.1) is 5.69 Å². The molecule has 0 aliphatic carbocycles. The number of rotatable bonds is 3. The van der Waals surface area contributed by atoms with Gasteiger partial charge in [-0.25, -0.2) is 4.98 Å². The quantitative estimate of drug-likeness (QED) is 0.638. The number of nitrogens with zero attached hydrogens (tertiary/aromatic N) is 1. The molecule has 2 aromatic heterocycles. The van der Waals surface area contributed by atoms with E-state index in [1.807, 2.05) is 6.07 Å². The van der Waals surface area contributed by atoms with E-state index in [0.29, 0.717) is 23.5 Å². The highest BCUT2D eigenvalue weighted by Gasteiger charge is 2.15. The number of fused-ring (bicyclic) bond motifs is 1. The Morgan fingerprint density at radius 2 is 2.47 bits per heavy atom. The van der Waals surface area contributed by atoms with Crippen molar-refractivity contribution in [2.24, 2.45) is 0 Å². The van der Waals surface area contributed by atoms with Crippen molar-refractivity contribution in [3.8, 4) is 12.3 Å². The van der Waals surface area contributed by atoms with Crippen LogP contribution in [0.25, 0.3) is 10.2 Å². The van der Waals surface area contributed by atoms with E-state index in [-0.39, 0.29) is 5.91 Å². The Morgan fingerprint density at radius 3 is 3.18 bits per heavy atom. The summed E-state index contributed by atoms with van der Waals surface area (Å²) in [5.41, 5.74) is 6.40. The minimum absolute atomic E-state index is 0.194. The maximum atomic E-state index is 11.8. The van der Waals surface area contributed by atoms with E-state index in [9.17, 15) is 4.79 Å². The number of carbonyl (C=O) groups is 1. The van der Waals surface area contributed by atoms with Crippen molar-refractivity contribution in [3.63, 3.8) is 0 Å². The van der Waals surface area contributed by atoms with Gasteiger partial charge in [-0.1, -0.05) is 0 Å². The van der Waals surface area contributed by atoms with Gasteiger partial charge < -0.3 is 11.1 Å². The number of hydrogen-bond acceptors (Lipinski definition) is 4. The number of anilines is 1. The molecule has 0 atom stereocenters. The lowest BCUT2D eigenvalue weighted by Gasteiger charge is -2.01. The number of carbonyl (C=O) groups excluding carboxylic acids is 1. The van der Waals surface area contributed by atoms with E-state index in [1.54, 1.807) is 12.3 Å². The monoisotopic (exact) mass is 245 g/mol. The number of amides is 1. The van der Waals surface area contributed by atoms with Crippen molar-refractivity contribution in [1.29, 1.82) is 0 Å². The zero-order valence-electron chi connectivity index (χ0n) is 9.06. The molecule has 0 radical (unpaired) electrons. The molecule has 0 aliphatic rings. The van der Waals surface area contributed by atoms with Crippen LogP contribution in [-0.2, 0) is 0 Å². The first-order valence-corrected chi connectivity index (χ1v) is 5.90. The molecule has 0 saturated heterocycles. The molecule has 4 nitrogen and oxygen atoms in total. The lowest BCUT2D eigenvalue weighted by molar-refractivity contribution is 0.0959. The molecule has 0 unspecified atom stereocenters. The summed E-state index contributed by atoms with van der Waals surface area (Å²) in [6, 6.07) is 3.65. The predicted octanol–water partition coefficient (Wildman–Crippen LogP) is 1.63. The van der Waals surface area contributed by atoms with E-state index in [2.05, 4.69) is 16.2 Å². The third-order valence-corrected chi connectivity index (χ3v) is 3.39. The van der Waals surface area contributed by atoms with Gasteiger partial charge in [-0.15, -0.1) is 23.7 Å². The van der Waals surface area contributed by atoms with Gasteiger partial charge in [-0.3, -0.25) is 4.79 Å². The standard InChI is InChI=1S/C12H11N3OS/c1-2-3-6-14-11(16)10-9(13)8-5-4-7-15-12(8)17-10/h1,4-5,7H,3,6,13H2,(H,14,16). The molecule has 0 aromatic carbocycles. The van der Waals surface area contributed by atoms with Gasteiger partial charge in [0.1, 0.15) is 9.71 Å². The predicted molar refractivity (Wildman–Crippen MR) is 69.8 cm³/mol. The summed E-state index contributed by atoms with van der Waals surface area (Å²) >= 11 is 1.29. The molecule has 5 heteroatoms. The first-order chi connectivity index (χ1) is 8.24. The second kappa shape index (κ2) is 4.85. The first kappa shape index (κ1) is 11.4. The molecule has 0 aliphatic heterocycles. The van der Waals surface area contributed by atoms with E-state index in [1.165, 1.54) is 11.3 Å². The molecule has 1 amide bonds. The number of thiophene rings is 1. The van der Waals surface area contributed by atoms with E-state index in [0.717, 1.165) is 10.2 Å². The molecule has 2 aromatic rings. The van der Waals surface area contributed by atoms with Gasteiger partial charge in [-0.05, 0) is 12.1 Å². The Kier molecular flexibility index (Phi) is 3.26. The van der Waals surface area contributed by atoms with Crippen LogP contribution in [0.5, 0.6) is 0 Å². The lowest BCUT2D eigenvalue weighted by Crippen LogP contribution is -2.23. The van der Waals surface area contributed by atoms with Crippen molar-refractivity contribution in [2.75, 3.05) is 12.3 Å². The molecule has 0 fully saturated rings. The Hall–Kier alpha value is -2.06. The van der Waals surface area contributed by atoms with Crippen molar-refractivity contribution in [2.45, 2.75) is 6.42 Å². The molecular weight excluding hydrogens is 234 g/mol. The fourth-order valence-electron chi connectivity index (χ4n) is 1.45. The summed E-state index contributed by atoms with van der Waals surface area (Å²) in [4.78, 5) is 17.3. The largest absolute Gasteiger partial charge is 0.397 e. The summed E-state index contributed by atoms with van der Waals surface area (Å²) in [5.74, 6) is 2.27. The van der Waals surface area contributed by atoms with E-state index < -0.39 is 0 Å². The van der Waals surface area contributed by atoms with Crippen LogP contribution in [0.4, 0.5) is 5.69 Å². The second-order valence-corrected chi connectivity index (χ2v) is 4.41. The van der Waals surface area contributed by atoms with Gasteiger partial charge in [0.2, 0.25) is 0 Å². The fourth-order valence-corrected chi connectivity index (χ4v) is 2.43. The van der Waals surface area contributed by atoms with Crippen LogP contribution in [-0.4, -0.2) is 17.4 Å². The summed E-state index contributed by atoms with van der Waals surface area (Å²) in [5, 5.41) is 3.54. The molecule has 86 valence electrons. The zero-order chi connectivity index (χ0) is 12.3. The molecule has 0 spiro atoms. The zero-order valence-corrected chi connectivity index (χ0v) is 9.88. The van der Waals surface area contributed by atoms with Crippen LogP contribution in [0.2, 0.25) is 0 Å². The van der Waals surface area contributed by atoms with Gasteiger partial charge in [0, 0.05) is 24.5 Å². The number of hydrogen-bond donors (Lipinski definition) is 2. The topological polar surface area (TPSA) is 68.0 Å². The number of nitrogens with one attached hydrogen (secondary N) is 1. The third-order valence-electron chi connectivity index (χ3n) is 2.27. The Morgan fingerprint density at radius 1 is 1.65 bits per heavy atom. The Labute approximate surface area is 103 Å². The lowest BCUT2D eigenvalue weighted by atomic mass is 10.2. The van der Waals surface area contributed by atoms with E-state index >= 15 is 0 Å². The van der Waals surface area contributed by atoms with Crippen molar-refractivity contribution >= 4 is 33.1 Å². The molecule has 2 rings (SSSR count). The van der Waals surface area contributed by atoms with Gasteiger partial charge in [0.15, 0.2) is 0 Å². The molecule has 2 heterocycles.